The van der Waals surface area contributed by atoms with Crippen molar-refractivity contribution >= 4 is 11.6 Å². The van der Waals surface area contributed by atoms with Gasteiger partial charge in [0.1, 0.15) is 0 Å². The van der Waals surface area contributed by atoms with Crippen LogP contribution in [0.2, 0.25) is 0 Å². The molecule has 0 spiro atoms. The maximum atomic E-state index is 12.5. The molecule has 1 aliphatic rings. The molecule has 142 valence electrons. The third-order valence-corrected chi connectivity index (χ3v) is 4.41. The number of carbonyl (C=O) groups is 1. The van der Waals surface area contributed by atoms with Gasteiger partial charge < -0.3 is 14.2 Å². The quantitative estimate of drug-likeness (QED) is 0.532. The minimum absolute atomic E-state index is 0.309. The van der Waals surface area contributed by atoms with E-state index < -0.39 is 0 Å². The van der Waals surface area contributed by atoms with Gasteiger partial charge in [0.15, 0.2) is 11.5 Å². The van der Waals surface area contributed by atoms with Gasteiger partial charge in [-0.2, -0.15) is 5.10 Å². The fraction of sp³-hybridized carbons (Fsp3) is 0.500. The SMILES string of the molecule is CCCCCC1=CCC/C1=N/NC(=O)c1cc(OC)c(OC)c(OC)c1. The molecule has 0 radical (unpaired) electrons. The third-order valence-electron chi connectivity index (χ3n) is 4.41. The predicted molar refractivity (Wildman–Crippen MR) is 102 cm³/mol. The molecule has 0 aromatic heterocycles. The molecule has 0 bridgehead atoms. The number of hydrogen-bond acceptors (Lipinski definition) is 5. The number of hydrazone groups is 1. The highest BCUT2D eigenvalue weighted by Gasteiger charge is 2.18. The topological polar surface area (TPSA) is 69.2 Å². The van der Waals surface area contributed by atoms with E-state index in [-0.39, 0.29) is 5.91 Å². The summed E-state index contributed by atoms with van der Waals surface area (Å²) in [5, 5.41) is 4.35. The first-order chi connectivity index (χ1) is 12.6. The van der Waals surface area contributed by atoms with Crippen LogP contribution in [-0.2, 0) is 0 Å². The Morgan fingerprint density at radius 1 is 1.12 bits per heavy atom. The molecule has 0 saturated carbocycles. The van der Waals surface area contributed by atoms with Crippen LogP contribution >= 0.6 is 0 Å². The van der Waals surface area contributed by atoms with Gasteiger partial charge in [0.25, 0.3) is 5.91 Å². The van der Waals surface area contributed by atoms with Crippen molar-refractivity contribution in [1.29, 1.82) is 0 Å². The maximum absolute atomic E-state index is 12.5. The Bertz CT molecular complexity index is 670. The molecule has 6 nitrogen and oxygen atoms in total. The first-order valence-corrected chi connectivity index (χ1v) is 9.00. The van der Waals surface area contributed by atoms with Gasteiger partial charge in [-0.15, -0.1) is 0 Å². The fourth-order valence-electron chi connectivity index (χ4n) is 3.00. The number of unbranched alkanes of at least 4 members (excludes halogenated alkanes) is 2. The zero-order chi connectivity index (χ0) is 18.9. The molecular weight excluding hydrogens is 332 g/mol. The van der Waals surface area contributed by atoms with Crippen molar-refractivity contribution in [2.24, 2.45) is 5.10 Å². The molecule has 26 heavy (non-hydrogen) atoms. The normalized spacial score (nSPS) is 14.9. The minimum atomic E-state index is -0.309. The number of benzene rings is 1. The zero-order valence-corrected chi connectivity index (χ0v) is 16.1. The monoisotopic (exact) mass is 360 g/mol. The Balaban J connectivity index is 2.11. The average molecular weight is 360 g/mol. The molecule has 1 aromatic carbocycles. The van der Waals surface area contributed by atoms with Gasteiger partial charge >= 0.3 is 0 Å². The van der Waals surface area contributed by atoms with Crippen LogP contribution in [0.5, 0.6) is 17.2 Å². The van der Waals surface area contributed by atoms with Crippen LogP contribution in [0.15, 0.2) is 28.9 Å². The van der Waals surface area contributed by atoms with E-state index in [2.05, 4.69) is 23.5 Å². The van der Waals surface area contributed by atoms with Gasteiger partial charge in [0.05, 0.1) is 27.0 Å². The Morgan fingerprint density at radius 3 is 2.38 bits per heavy atom. The fourth-order valence-corrected chi connectivity index (χ4v) is 3.00. The van der Waals surface area contributed by atoms with Crippen LogP contribution in [0.25, 0.3) is 0 Å². The van der Waals surface area contributed by atoms with E-state index in [1.54, 1.807) is 12.1 Å². The van der Waals surface area contributed by atoms with Crippen molar-refractivity contribution in [3.63, 3.8) is 0 Å². The van der Waals surface area contributed by atoms with E-state index in [0.717, 1.165) is 31.4 Å². The lowest BCUT2D eigenvalue weighted by Crippen LogP contribution is -2.20. The summed E-state index contributed by atoms with van der Waals surface area (Å²) >= 11 is 0. The molecule has 0 aliphatic heterocycles. The molecule has 0 unspecified atom stereocenters. The molecule has 1 N–H and O–H groups in total. The molecule has 0 saturated heterocycles. The van der Waals surface area contributed by atoms with Crippen molar-refractivity contribution in [3.05, 3.63) is 29.3 Å². The van der Waals surface area contributed by atoms with Crippen molar-refractivity contribution in [2.45, 2.75) is 45.4 Å². The van der Waals surface area contributed by atoms with E-state index in [0.29, 0.717) is 22.8 Å². The van der Waals surface area contributed by atoms with Crippen LogP contribution in [0, 0.1) is 0 Å². The first-order valence-electron chi connectivity index (χ1n) is 9.00. The molecule has 0 atom stereocenters. The van der Waals surface area contributed by atoms with Gasteiger partial charge in [-0.1, -0.05) is 25.8 Å². The summed E-state index contributed by atoms with van der Waals surface area (Å²) in [6, 6.07) is 3.23. The summed E-state index contributed by atoms with van der Waals surface area (Å²) in [6.45, 7) is 2.19. The highest BCUT2D eigenvalue weighted by molar-refractivity contribution is 6.03. The Morgan fingerprint density at radius 2 is 1.81 bits per heavy atom. The average Bonchev–Trinajstić information content (AvgIpc) is 3.12. The molecule has 0 heterocycles. The summed E-state index contributed by atoms with van der Waals surface area (Å²) in [6.07, 6.45) is 8.66. The van der Waals surface area contributed by atoms with Gasteiger partial charge in [-0.25, -0.2) is 5.43 Å². The maximum Gasteiger partial charge on any atom is 0.271 e. The molecule has 1 aromatic rings. The predicted octanol–water partition coefficient (Wildman–Crippen LogP) is 4.10. The summed E-state index contributed by atoms with van der Waals surface area (Å²) in [5.41, 5.74) is 5.29. The number of allylic oxidation sites excluding steroid dienone is 2. The summed E-state index contributed by atoms with van der Waals surface area (Å²) < 4.78 is 15.9. The Hall–Kier alpha value is -2.50. The van der Waals surface area contributed by atoms with Crippen LogP contribution in [0.1, 0.15) is 55.8 Å². The number of hydrogen-bond donors (Lipinski definition) is 1. The summed E-state index contributed by atoms with van der Waals surface area (Å²) in [7, 11) is 4.56. The molecule has 1 aliphatic carbocycles. The minimum Gasteiger partial charge on any atom is -0.493 e. The van der Waals surface area contributed by atoms with E-state index in [1.165, 1.54) is 39.7 Å². The van der Waals surface area contributed by atoms with Gasteiger partial charge in [0.2, 0.25) is 5.75 Å². The molecule has 1 amide bonds. The molecule has 6 heteroatoms. The molecule has 2 rings (SSSR count). The van der Waals surface area contributed by atoms with Gasteiger partial charge in [-0.05, 0) is 43.4 Å². The van der Waals surface area contributed by atoms with Crippen LogP contribution in [-0.4, -0.2) is 32.9 Å². The number of rotatable bonds is 9. The van der Waals surface area contributed by atoms with Crippen LogP contribution < -0.4 is 19.6 Å². The lowest BCUT2D eigenvalue weighted by molar-refractivity contribution is 0.0954. The number of methoxy groups -OCH3 is 3. The van der Waals surface area contributed by atoms with Crippen LogP contribution in [0.4, 0.5) is 0 Å². The summed E-state index contributed by atoms with van der Waals surface area (Å²) in [5.74, 6) is 1.02. The third kappa shape index (κ3) is 4.77. The number of nitrogens with zero attached hydrogens (tertiary/aromatic N) is 1. The van der Waals surface area contributed by atoms with Crippen molar-refractivity contribution < 1.29 is 19.0 Å². The number of ether oxygens (including phenoxy) is 3. The second-order valence-electron chi connectivity index (χ2n) is 6.14. The molecular formula is C20H28N2O4. The van der Waals surface area contributed by atoms with Gasteiger partial charge in [-0.3, -0.25) is 4.79 Å². The van der Waals surface area contributed by atoms with Crippen molar-refractivity contribution in [1.82, 2.24) is 5.43 Å². The van der Waals surface area contributed by atoms with E-state index >= 15 is 0 Å². The second kappa shape index (κ2) is 9.85. The standard InChI is InChI=1S/C20H28N2O4/c1-5-6-7-9-14-10-8-11-16(14)21-22-20(23)15-12-17(24-2)19(26-4)18(13-15)25-3/h10,12-13H,5-9,11H2,1-4H3,(H,22,23)/b21-16-. The number of nitrogens with one attached hydrogen (secondary N) is 1. The largest absolute Gasteiger partial charge is 0.493 e. The Labute approximate surface area is 155 Å². The number of amides is 1. The van der Waals surface area contributed by atoms with Crippen molar-refractivity contribution in [2.75, 3.05) is 21.3 Å². The summed E-state index contributed by atoms with van der Waals surface area (Å²) in [4.78, 5) is 12.5. The lowest BCUT2D eigenvalue weighted by atomic mass is 10.1. The Kier molecular flexibility index (Phi) is 7.51. The van der Waals surface area contributed by atoms with E-state index in [1.807, 2.05) is 0 Å². The first kappa shape index (κ1) is 19.8. The molecule has 0 fully saturated rings. The number of carbonyl (C=O) groups excluding carboxylic acids is 1. The van der Waals surface area contributed by atoms with Gasteiger partial charge in [0, 0.05) is 5.56 Å². The highest BCUT2D eigenvalue weighted by atomic mass is 16.5. The highest BCUT2D eigenvalue weighted by Crippen LogP contribution is 2.38. The smallest absolute Gasteiger partial charge is 0.271 e. The van der Waals surface area contributed by atoms with Crippen molar-refractivity contribution in [3.8, 4) is 17.2 Å². The zero-order valence-electron chi connectivity index (χ0n) is 16.1. The van der Waals surface area contributed by atoms with E-state index in [4.69, 9.17) is 14.2 Å². The van der Waals surface area contributed by atoms with E-state index in [9.17, 15) is 4.79 Å². The van der Waals surface area contributed by atoms with Crippen LogP contribution in [0.3, 0.4) is 0 Å². The second-order valence-corrected chi connectivity index (χ2v) is 6.14. The lowest BCUT2D eigenvalue weighted by Gasteiger charge is -2.13.